The van der Waals surface area contributed by atoms with Gasteiger partial charge in [0.15, 0.2) is 0 Å². The third-order valence-electron chi connectivity index (χ3n) is 5.52. The number of aliphatic hydroxyl groups excluding tert-OH is 1. The average Bonchev–Trinajstić information content (AvgIpc) is 3.32. The lowest BCUT2D eigenvalue weighted by Gasteiger charge is -2.13. The summed E-state index contributed by atoms with van der Waals surface area (Å²) in [6.45, 7) is 2.35. The molecule has 3 heterocycles. The second-order valence-corrected chi connectivity index (χ2v) is 7.61. The topological polar surface area (TPSA) is 107 Å². The van der Waals surface area contributed by atoms with Gasteiger partial charge >= 0.3 is 5.63 Å². The summed E-state index contributed by atoms with van der Waals surface area (Å²) in [4.78, 5) is 28.3. The van der Waals surface area contributed by atoms with Gasteiger partial charge in [-0.3, -0.25) is 4.79 Å². The van der Waals surface area contributed by atoms with Crippen LogP contribution in [0.5, 0.6) is 0 Å². The lowest BCUT2D eigenvalue weighted by molar-refractivity contribution is 0.0934. The molecule has 7 heteroatoms. The van der Waals surface area contributed by atoms with Crippen LogP contribution >= 0.6 is 0 Å². The SMILES string of the molecule is Cc1cc(CCc2c[nH]c3ccccc23)oc(=O)c1C(=O)N[C@H]1CN[C@H](CO)C1. The summed E-state index contributed by atoms with van der Waals surface area (Å²) in [7, 11) is 0. The Hall–Kier alpha value is -2.90. The first-order valence-electron chi connectivity index (χ1n) is 9.89. The molecule has 7 nitrogen and oxygen atoms in total. The van der Waals surface area contributed by atoms with Gasteiger partial charge in [-0.25, -0.2) is 4.79 Å². The summed E-state index contributed by atoms with van der Waals surface area (Å²) in [5.74, 6) is 0.141. The van der Waals surface area contributed by atoms with Gasteiger partial charge in [-0.15, -0.1) is 0 Å². The Morgan fingerprint density at radius 2 is 2.14 bits per heavy atom. The molecule has 1 aliphatic rings. The van der Waals surface area contributed by atoms with E-state index in [2.05, 4.69) is 21.7 Å². The molecule has 0 unspecified atom stereocenters. The molecule has 152 valence electrons. The van der Waals surface area contributed by atoms with E-state index in [-0.39, 0.29) is 24.3 Å². The smallest absolute Gasteiger partial charge is 0.349 e. The molecule has 1 amide bonds. The van der Waals surface area contributed by atoms with Gasteiger partial charge in [-0.2, -0.15) is 0 Å². The summed E-state index contributed by atoms with van der Waals surface area (Å²) in [6, 6.07) is 9.72. The number of carbonyl (C=O) groups excluding carboxylic acids is 1. The summed E-state index contributed by atoms with van der Waals surface area (Å²) < 4.78 is 5.45. The van der Waals surface area contributed by atoms with Gasteiger partial charge < -0.3 is 25.1 Å². The van der Waals surface area contributed by atoms with Crippen LogP contribution in [0.15, 0.2) is 45.7 Å². The first kappa shape index (κ1) is 19.4. The molecule has 0 radical (unpaired) electrons. The monoisotopic (exact) mass is 395 g/mol. The van der Waals surface area contributed by atoms with Crippen molar-refractivity contribution in [3.05, 3.63) is 69.4 Å². The van der Waals surface area contributed by atoms with E-state index in [1.165, 1.54) is 0 Å². The minimum Gasteiger partial charge on any atom is -0.427 e. The van der Waals surface area contributed by atoms with Crippen molar-refractivity contribution in [2.24, 2.45) is 0 Å². The van der Waals surface area contributed by atoms with E-state index in [1.54, 1.807) is 13.0 Å². The standard InChI is InChI=1S/C22H25N3O4/c1-13-8-17(7-6-14-10-24-19-5-3-2-4-18(14)19)29-22(28)20(13)21(27)25-15-9-16(12-26)23-11-15/h2-5,8,10,15-16,23-24,26H,6-7,9,11-12H2,1H3,(H,25,27)/t15-,16+/m1/s1. The van der Waals surface area contributed by atoms with Crippen molar-refractivity contribution in [3.63, 3.8) is 0 Å². The minimum atomic E-state index is -0.610. The second-order valence-electron chi connectivity index (χ2n) is 7.61. The first-order valence-corrected chi connectivity index (χ1v) is 9.89. The zero-order valence-electron chi connectivity index (χ0n) is 16.3. The van der Waals surface area contributed by atoms with Crippen LogP contribution in [0.2, 0.25) is 0 Å². The van der Waals surface area contributed by atoms with Gasteiger partial charge in [0.05, 0.1) is 6.61 Å². The van der Waals surface area contributed by atoms with Crippen molar-refractivity contribution in [2.75, 3.05) is 13.2 Å². The second kappa shape index (κ2) is 8.23. The Morgan fingerprint density at radius 3 is 2.90 bits per heavy atom. The fraction of sp³-hybridized carbons (Fsp3) is 0.364. The number of aromatic amines is 1. The van der Waals surface area contributed by atoms with Crippen LogP contribution in [-0.2, 0) is 12.8 Å². The maximum absolute atomic E-state index is 12.6. The third kappa shape index (κ3) is 4.11. The maximum atomic E-state index is 12.6. The number of hydrogen-bond acceptors (Lipinski definition) is 5. The minimum absolute atomic E-state index is 0.0234. The number of aryl methyl sites for hydroxylation is 3. The Labute approximate surface area is 168 Å². The molecule has 1 aromatic carbocycles. The van der Waals surface area contributed by atoms with Gasteiger partial charge in [0, 0.05) is 42.1 Å². The number of fused-ring (bicyclic) bond motifs is 1. The van der Waals surface area contributed by atoms with E-state index in [4.69, 9.17) is 4.42 Å². The molecular formula is C22H25N3O4. The molecule has 4 N–H and O–H groups in total. The lowest BCUT2D eigenvalue weighted by atomic mass is 10.0. The van der Waals surface area contributed by atoms with Crippen molar-refractivity contribution in [3.8, 4) is 0 Å². The fourth-order valence-electron chi connectivity index (χ4n) is 3.99. The first-order chi connectivity index (χ1) is 14.0. The van der Waals surface area contributed by atoms with Crippen molar-refractivity contribution < 1.29 is 14.3 Å². The van der Waals surface area contributed by atoms with E-state index in [9.17, 15) is 14.7 Å². The van der Waals surface area contributed by atoms with E-state index in [0.29, 0.717) is 30.7 Å². The summed E-state index contributed by atoms with van der Waals surface area (Å²) in [5, 5.41) is 16.3. The highest BCUT2D eigenvalue weighted by Gasteiger charge is 2.26. The van der Waals surface area contributed by atoms with Gasteiger partial charge in [-0.1, -0.05) is 18.2 Å². The predicted octanol–water partition coefficient (Wildman–Crippen LogP) is 1.67. The normalized spacial score (nSPS) is 19.0. The van der Waals surface area contributed by atoms with Crippen LogP contribution in [0.3, 0.4) is 0 Å². The largest absolute Gasteiger partial charge is 0.427 e. The molecule has 1 fully saturated rings. The van der Waals surface area contributed by atoms with Gasteiger partial charge in [0.2, 0.25) is 0 Å². The zero-order valence-corrected chi connectivity index (χ0v) is 16.3. The average molecular weight is 395 g/mol. The number of nitrogens with one attached hydrogen (secondary N) is 3. The summed E-state index contributed by atoms with van der Waals surface area (Å²) in [6.07, 6.45) is 3.92. The van der Waals surface area contributed by atoms with E-state index in [1.807, 2.05) is 24.4 Å². The number of hydrogen-bond donors (Lipinski definition) is 4. The number of benzene rings is 1. The molecule has 0 aliphatic carbocycles. The van der Waals surface area contributed by atoms with E-state index < -0.39 is 11.5 Å². The van der Waals surface area contributed by atoms with Gasteiger partial charge in [0.1, 0.15) is 11.3 Å². The molecule has 2 atom stereocenters. The van der Waals surface area contributed by atoms with Crippen LogP contribution in [-0.4, -0.2) is 41.2 Å². The third-order valence-corrected chi connectivity index (χ3v) is 5.52. The molecular weight excluding hydrogens is 370 g/mol. The highest BCUT2D eigenvalue weighted by molar-refractivity contribution is 5.95. The molecule has 0 bridgehead atoms. The van der Waals surface area contributed by atoms with Crippen molar-refractivity contribution in [2.45, 2.75) is 38.3 Å². The van der Waals surface area contributed by atoms with Crippen LogP contribution < -0.4 is 16.3 Å². The number of rotatable bonds is 6. The predicted molar refractivity (Wildman–Crippen MR) is 110 cm³/mol. The van der Waals surface area contributed by atoms with E-state index in [0.717, 1.165) is 22.9 Å². The molecule has 2 aromatic heterocycles. The fourth-order valence-corrected chi connectivity index (χ4v) is 3.99. The molecule has 0 spiro atoms. The number of para-hydroxylation sites is 1. The molecule has 4 rings (SSSR count). The molecule has 3 aromatic rings. The molecule has 1 aliphatic heterocycles. The van der Waals surface area contributed by atoms with Crippen molar-refractivity contribution in [1.82, 2.24) is 15.6 Å². The van der Waals surface area contributed by atoms with Crippen LogP contribution in [0.4, 0.5) is 0 Å². The Morgan fingerprint density at radius 1 is 1.31 bits per heavy atom. The van der Waals surface area contributed by atoms with Crippen molar-refractivity contribution >= 4 is 16.8 Å². The Bertz CT molecular complexity index is 1090. The number of amides is 1. The quantitative estimate of drug-likeness (QED) is 0.508. The van der Waals surface area contributed by atoms with Crippen molar-refractivity contribution in [1.29, 1.82) is 0 Å². The van der Waals surface area contributed by atoms with Crippen LogP contribution in [0.25, 0.3) is 10.9 Å². The lowest BCUT2D eigenvalue weighted by Crippen LogP contribution is -2.38. The Kier molecular flexibility index (Phi) is 5.51. The number of aromatic nitrogens is 1. The molecule has 0 saturated carbocycles. The maximum Gasteiger partial charge on any atom is 0.349 e. The zero-order chi connectivity index (χ0) is 20.4. The molecule has 29 heavy (non-hydrogen) atoms. The van der Waals surface area contributed by atoms with Gasteiger partial charge in [-0.05, 0) is 43.0 Å². The summed E-state index contributed by atoms with van der Waals surface area (Å²) >= 11 is 0. The summed E-state index contributed by atoms with van der Waals surface area (Å²) in [5.41, 5.74) is 2.29. The highest BCUT2D eigenvalue weighted by Crippen LogP contribution is 2.20. The molecule has 1 saturated heterocycles. The van der Waals surface area contributed by atoms with Crippen LogP contribution in [0.1, 0.15) is 33.7 Å². The highest BCUT2D eigenvalue weighted by atomic mass is 16.4. The van der Waals surface area contributed by atoms with Crippen LogP contribution in [0, 0.1) is 6.92 Å². The Balaban J connectivity index is 1.45. The number of carbonyl (C=O) groups is 1. The van der Waals surface area contributed by atoms with E-state index >= 15 is 0 Å². The van der Waals surface area contributed by atoms with Gasteiger partial charge in [0.25, 0.3) is 5.91 Å². The number of aliphatic hydroxyl groups is 1. The number of H-pyrrole nitrogens is 1.